The van der Waals surface area contributed by atoms with Crippen LogP contribution in [0, 0.1) is 5.82 Å². The molecule has 2 N–H and O–H groups in total. The lowest BCUT2D eigenvalue weighted by atomic mass is 10.1. The largest absolute Gasteiger partial charge is 0.507 e. The summed E-state index contributed by atoms with van der Waals surface area (Å²) in [5.41, 5.74) is 0.777. The average Bonchev–Trinajstić information content (AvgIpc) is 2.87. The number of phenolic OH excluding ortho intramolecular Hbond substituents is 2. The van der Waals surface area contributed by atoms with E-state index in [0.29, 0.717) is 11.4 Å². The van der Waals surface area contributed by atoms with Gasteiger partial charge in [0.15, 0.2) is 5.82 Å². The minimum atomic E-state index is -0.338. The number of nitrogens with zero attached hydrogens (tertiary/aromatic N) is 2. The summed E-state index contributed by atoms with van der Waals surface area (Å²) in [6.07, 6.45) is 0.287. The predicted octanol–water partition coefficient (Wildman–Crippen LogP) is 2.88. The summed E-state index contributed by atoms with van der Waals surface area (Å²) >= 11 is 0. The van der Waals surface area contributed by atoms with Crippen molar-refractivity contribution in [3.05, 3.63) is 59.7 Å². The average molecular weight is 286 g/mol. The van der Waals surface area contributed by atoms with E-state index in [9.17, 15) is 14.6 Å². The highest BCUT2D eigenvalue weighted by molar-refractivity contribution is 5.69. The van der Waals surface area contributed by atoms with Crippen molar-refractivity contribution in [1.82, 2.24) is 10.1 Å². The summed E-state index contributed by atoms with van der Waals surface area (Å²) in [6, 6.07) is 10.4. The Kier molecular flexibility index (Phi) is 3.27. The predicted molar refractivity (Wildman–Crippen MR) is 72.3 cm³/mol. The molecule has 2 aromatic carbocycles. The molecule has 0 atom stereocenters. The third-order valence-electron chi connectivity index (χ3n) is 2.95. The molecule has 1 aromatic heterocycles. The second-order valence-electron chi connectivity index (χ2n) is 4.49. The molecule has 106 valence electrons. The molecular formula is C15H11FN2O3. The highest BCUT2D eigenvalue weighted by Crippen LogP contribution is 2.35. The van der Waals surface area contributed by atoms with Crippen molar-refractivity contribution in [2.75, 3.05) is 0 Å². The van der Waals surface area contributed by atoms with E-state index in [1.165, 1.54) is 30.3 Å². The van der Waals surface area contributed by atoms with Gasteiger partial charge in [-0.1, -0.05) is 23.4 Å². The van der Waals surface area contributed by atoms with E-state index < -0.39 is 0 Å². The van der Waals surface area contributed by atoms with Crippen LogP contribution >= 0.6 is 0 Å². The highest BCUT2D eigenvalue weighted by Gasteiger charge is 2.17. The Morgan fingerprint density at radius 1 is 1.05 bits per heavy atom. The van der Waals surface area contributed by atoms with Gasteiger partial charge in [-0.15, -0.1) is 0 Å². The van der Waals surface area contributed by atoms with Gasteiger partial charge in [-0.3, -0.25) is 0 Å². The highest BCUT2D eigenvalue weighted by atomic mass is 19.1. The molecule has 0 aliphatic rings. The molecule has 0 aliphatic carbocycles. The number of aromatic nitrogens is 2. The second kappa shape index (κ2) is 5.24. The van der Waals surface area contributed by atoms with E-state index in [4.69, 9.17) is 4.52 Å². The molecular weight excluding hydrogens is 275 g/mol. The number of rotatable bonds is 3. The Labute approximate surface area is 119 Å². The van der Waals surface area contributed by atoms with Crippen molar-refractivity contribution in [1.29, 1.82) is 0 Å². The maximum absolute atomic E-state index is 13.1. The van der Waals surface area contributed by atoms with Crippen molar-refractivity contribution in [3.8, 4) is 23.0 Å². The fraction of sp³-hybridized carbons (Fsp3) is 0.0667. The molecule has 0 aliphatic heterocycles. The van der Waals surface area contributed by atoms with Crippen LogP contribution in [0.15, 0.2) is 47.0 Å². The van der Waals surface area contributed by atoms with Crippen LogP contribution in [0.4, 0.5) is 4.39 Å². The number of phenols is 2. The van der Waals surface area contributed by atoms with Crippen molar-refractivity contribution < 1.29 is 19.1 Å². The molecule has 0 radical (unpaired) electrons. The second-order valence-corrected chi connectivity index (χ2v) is 4.49. The Bertz CT molecular complexity index is 766. The Morgan fingerprint density at radius 2 is 1.76 bits per heavy atom. The van der Waals surface area contributed by atoms with E-state index in [0.717, 1.165) is 0 Å². The van der Waals surface area contributed by atoms with Gasteiger partial charge < -0.3 is 14.7 Å². The third-order valence-corrected chi connectivity index (χ3v) is 2.95. The lowest BCUT2D eigenvalue weighted by Gasteiger charge is -2.01. The molecule has 0 amide bonds. The molecule has 1 heterocycles. The Morgan fingerprint density at radius 3 is 2.48 bits per heavy atom. The maximum Gasteiger partial charge on any atom is 0.265 e. The molecule has 21 heavy (non-hydrogen) atoms. The van der Waals surface area contributed by atoms with Crippen LogP contribution in [0.3, 0.4) is 0 Å². The summed E-state index contributed by atoms with van der Waals surface area (Å²) < 4.78 is 18.2. The van der Waals surface area contributed by atoms with Gasteiger partial charge >= 0.3 is 0 Å². The van der Waals surface area contributed by atoms with Gasteiger partial charge in [0.1, 0.15) is 22.9 Å². The summed E-state index contributed by atoms with van der Waals surface area (Å²) in [6.45, 7) is 0. The maximum atomic E-state index is 13.1. The van der Waals surface area contributed by atoms with Crippen LogP contribution in [0.25, 0.3) is 11.5 Å². The normalized spacial score (nSPS) is 10.7. The van der Waals surface area contributed by atoms with Gasteiger partial charge in [-0.25, -0.2) is 4.39 Å². The molecule has 0 saturated heterocycles. The van der Waals surface area contributed by atoms with E-state index in [1.54, 1.807) is 12.1 Å². The van der Waals surface area contributed by atoms with Crippen LogP contribution in [0.1, 0.15) is 11.4 Å². The first-order valence-corrected chi connectivity index (χ1v) is 6.22. The fourth-order valence-corrected chi connectivity index (χ4v) is 2.00. The van der Waals surface area contributed by atoms with Gasteiger partial charge in [0, 0.05) is 6.42 Å². The molecule has 0 saturated carbocycles. The zero-order valence-electron chi connectivity index (χ0n) is 10.8. The molecule has 5 nitrogen and oxygen atoms in total. The monoisotopic (exact) mass is 286 g/mol. The minimum absolute atomic E-state index is 0.0111. The van der Waals surface area contributed by atoms with Crippen LogP contribution < -0.4 is 0 Å². The Hall–Kier alpha value is -2.89. The lowest BCUT2D eigenvalue weighted by molar-refractivity contribution is 0.410. The number of aromatic hydroxyl groups is 2. The van der Waals surface area contributed by atoms with Crippen LogP contribution in [-0.2, 0) is 6.42 Å². The van der Waals surface area contributed by atoms with Gasteiger partial charge in [0.25, 0.3) is 5.89 Å². The van der Waals surface area contributed by atoms with Crippen LogP contribution in [0.5, 0.6) is 11.5 Å². The van der Waals surface area contributed by atoms with Gasteiger partial charge in [-0.2, -0.15) is 4.98 Å². The third kappa shape index (κ3) is 2.69. The van der Waals surface area contributed by atoms with Gasteiger partial charge in [0.05, 0.1) is 0 Å². The van der Waals surface area contributed by atoms with Crippen molar-refractivity contribution in [2.24, 2.45) is 0 Å². The molecule has 0 fully saturated rings. The first-order chi connectivity index (χ1) is 10.1. The van der Waals surface area contributed by atoms with Crippen LogP contribution in [-0.4, -0.2) is 20.4 Å². The number of hydrogen-bond donors (Lipinski definition) is 2. The van der Waals surface area contributed by atoms with Crippen molar-refractivity contribution >= 4 is 0 Å². The van der Waals surface area contributed by atoms with Crippen LogP contribution in [0.2, 0.25) is 0 Å². The van der Waals surface area contributed by atoms with E-state index in [-0.39, 0.29) is 35.2 Å². The number of benzene rings is 2. The van der Waals surface area contributed by atoms with E-state index >= 15 is 0 Å². The summed E-state index contributed by atoms with van der Waals surface area (Å²) in [4.78, 5) is 4.11. The van der Waals surface area contributed by atoms with Crippen molar-refractivity contribution in [3.63, 3.8) is 0 Å². The molecule has 3 aromatic rings. The first kappa shape index (κ1) is 13.1. The van der Waals surface area contributed by atoms with E-state index in [1.807, 2.05) is 0 Å². The standard InChI is InChI=1S/C15H11FN2O3/c16-10-4-1-3-9(7-10)8-13-17-15(21-18-13)14-11(19)5-2-6-12(14)20/h1-7,19-20H,8H2. The smallest absolute Gasteiger partial charge is 0.265 e. The van der Waals surface area contributed by atoms with Gasteiger partial charge in [-0.05, 0) is 29.8 Å². The zero-order valence-corrected chi connectivity index (χ0v) is 10.8. The summed E-state index contributed by atoms with van der Waals surface area (Å²) in [5, 5.41) is 23.3. The molecule has 6 heteroatoms. The lowest BCUT2D eigenvalue weighted by Crippen LogP contribution is -1.91. The number of halogens is 1. The van der Waals surface area contributed by atoms with Gasteiger partial charge in [0.2, 0.25) is 0 Å². The number of hydrogen-bond acceptors (Lipinski definition) is 5. The minimum Gasteiger partial charge on any atom is -0.507 e. The SMILES string of the molecule is Oc1cccc(O)c1-c1nc(Cc2cccc(F)c2)no1. The topological polar surface area (TPSA) is 79.4 Å². The molecule has 3 rings (SSSR count). The van der Waals surface area contributed by atoms with E-state index in [2.05, 4.69) is 10.1 Å². The quantitative estimate of drug-likeness (QED) is 0.774. The Balaban J connectivity index is 1.90. The first-order valence-electron chi connectivity index (χ1n) is 6.22. The zero-order chi connectivity index (χ0) is 14.8. The van der Waals surface area contributed by atoms with Crippen molar-refractivity contribution in [2.45, 2.75) is 6.42 Å². The molecule has 0 bridgehead atoms. The fourth-order valence-electron chi connectivity index (χ4n) is 2.00. The molecule has 0 spiro atoms. The summed E-state index contributed by atoms with van der Waals surface area (Å²) in [7, 11) is 0. The molecule has 0 unspecified atom stereocenters. The summed E-state index contributed by atoms with van der Waals surface area (Å²) in [5.74, 6) is -0.309.